The topological polar surface area (TPSA) is 113 Å². The van der Waals surface area contributed by atoms with Crippen molar-refractivity contribution < 1.29 is 15.0 Å². The summed E-state index contributed by atoms with van der Waals surface area (Å²) in [6, 6.07) is 5.45. The fourth-order valence-corrected chi connectivity index (χ4v) is 1.93. The number of carbonyl (C=O) groups excluding carboxylic acids is 1. The Kier molecular flexibility index (Phi) is 4.44. The molecular formula is C14H18N4O3. The number of phenolic OH excluding ortho intramolecular Hbond substituents is 2. The molecule has 7 nitrogen and oxygen atoms in total. The standard InChI is InChI=1S/C14H18N4O3/c1-18-10(4-5-17-18)8-16-14(21)11(15)6-9-2-3-12(19)13(20)7-9/h2-5,7,11,19-20H,6,8,15H2,1H3,(H,16,21)/t11-/m0/s1. The van der Waals surface area contributed by atoms with E-state index in [-0.39, 0.29) is 23.8 Å². The molecule has 0 spiro atoms. The molecule has 1 aromatic carbocycles. The van der Waals surface area contributed by atoms with Crippen molar-refractivity contribution in [2.75, 3.05) is 0 Å². The van der Waals surface area contributed by atoms with E-state index in [1.807, 2.05) is 6.07 Å². The summed E-state index contributed by atoms with van der Waals surface area (Å²) >= 11 is 0. The smallest absolute Gasteiger partial charge is 0.237 e. The molecule has 0 aliphatic carbocycles. The monoisotopic (exact) mass is 290 g/mol. The summed E-state index contributed by atoms with van der Waals surface area (Å²) in [5, 5.41) is 25.4. The van der Waals surface area contributed by atoms with Gasteiger partial charge in [-0.15, -0.1) is 0 Å². The summed E-state index contributed by atoms with van der Waals surface area (Å²) < 4.78 is 1.67. The lowest BCUT2D eigenvalue weighted by atomic mass is 10.1. The molecule has 2 aromatic rings. The highest BCUT2D eigenvalue weighted by atomic mass is 16.3. The Balaban J connectivity index is 1.90. The number of aromatic nitrogens is 2. The van der Waals surface area contributed by atoms with Crippen LogP contribution in [0.15, 0.2) is 30.5 Å². The Hall–Kier alpha value is -2.54. The lowest BCUT2D eigenvalue weighted by molar-refractivity contribution is -0.122. The number of nitrogens with zero attached hydrogens (tertiary/aromatic N) is 2. The maximum absolute atomic E-state index is 11.9. The van der Waals surface area contributed by atoms with Crippen LogP contribution >= 0.6 is 0 Å². The fraction of sp³-hybridized carbons (Fsp3) is 0.286. The molecule has 0 unspecified atom stereocenters. The van der Waals surface area contributed by atoms with E-state index in [0.717, 1.165) is 5.69 Å². The average molecular weight is 290 g/mol. The van der Waals surface area contributed by atoms with Crippen molar-refractivity contribution in [3.05, 3.63) is 41.7 Å². The summed E-state index contributed by atoms with van der Waals surface area (Å²) in [5.74, 6) is -0.716. The van der Waals surface area contributed by atoms with E-state index in [4.69, 9.17) is 5.73 Å². The summed E-state index contributed by atoms with van der Waals surface area (Å²) in [6.07, 6.45) is 1.92. The van der Waals surface area contributed by atoms with Gasteiger partial charge in [0, 0.05) is 13.2 Å². The molecule has 2 rings (SSSR count). The van der Waals surface area contributed by atoms with Crippen LogP contribution in [0.4, 0.5) is 0 Å². The largest absolute Gasteiger partial charge is 0.504 e. The van der Waals surface area contributed by atoms with Crippen LogP contribution in [0.25, 0.3) is 0 Å². The van der Waals surface area contributed by atoms with Gasteiger partial charge in [-0.2, -0.15) is 5.10 Å². The normalized spacial score (nSPS) is 12.1. The quantitative estimate of drug-likeness (QED) is 0.580. The number of phenols is 2. The van der Waals surface area contributed by atoms with Crippen molar-refractivity contribution >= 4 is 5.91 Å². The van der Waals surface area contributed by atoms with Gasteiger partial charge in [-0.25, -0.2) is 0 Å². The average Bonchev–Trinajstić information content (AvgIpc) is 2.85. The van der Waals surface area contributed by atoms with Crippen molar-refractivity contribution in [1.82, 2.24) is 15.1 Å². The molecule has 0 aliphatic rings. The van der Waals surface area contributed by atoms with Crippen molar-refractivity contribution in [2.45, 2.75) is 19.0 Å². The molecule has 1 heterocycles. The van der Waals surface area contributed by atoms with E-state index in [0.29, 0.717) is 12.1 Å². The summed E-state index contributed by atoms with van der Waals surface area (Å²) in [7, 11) is 1.79. The number of benzene rings is 1. The van der Waals surface area contributed by atoms with Gasteiger partial charge in [-0.3, -0.25) is 9.48 Å². The fourth-order valence-electron chi connectivity index (χ4n) is 1.93. The van der Waals surface area contributed by atoms with Gasteiger partial charge < -0.3 is 21.3 Å². The molecule has 7 heteroatoms. The first-order valence-electron chi connectivity index (χ1n) is 6.48. The van der Waals surface area contributed by atoms with Gasteiger partial charge in [0.05, 0.1) is 18.3 Å². The maximum Gasteiger partial charge on any atom is 0.237 e. The molecule has 1 amide bonds. The zero-order chi connectivity index (χ0) is 15.4. The number of aryl methyl sites for hydroxylation is 1. The zero-order valence-corrected chi connectivity index (χ0v) is 11.7. The summed E-state index contributed by atoms with van der Waals surface area (Å²) in [4.78, 5) is 11.9. The third-order valence-electron chi connectivity index (χ3n) is 3.20. The molecule has 0 radical (unpaired) electrons. The van der Waals surface area contributed by atoms with Gasteiger partial charge in [0.2, 0.25) is 5.91 Å². The van der Waals surface area contributed by atoms with Gasteiger partial charge >= 0.3 is 0 Å². The van der Waals surface area contributed by atoms with E-state index < -0.39 is 6.04 Å². The molecule has 21 heavy (non-hydrogen) atoms. The van der Waals surface area contributed by atoms with Crippen LogP contribution in [0, 0.1) is 0 Å². The van der Waals surface area contributed by atoms with Crippen LogP contribution in [0.2, 0.25) is 0 Å². The molecular weight excluding hydrogens is 272 g/mol. The minimum Gasteiger partial charge on any atom is -0.504 e. The van der Waals surface area contributed by atoms with Crippen LogP contribution in [0.5, 0.6) is 11.5 Å². The van der Waals surface area contributed by atoms with Crippen molar-refractivity contribution in [3.8, 4) is 11.5 Å². The minimum atomic E-state index is -0.734. The number of hydrogen-bond acceptors (Lipinski definition) is 5. The third kappa shape index (κ3) is 3.73. The van der Waals surface area contributed by atoms with E-state index in [2.05, 4.69) is 10.4 Å². The number of hydrogen-bond donors (Lipinski definition) is 4. The summed E-state index contributed by atoms with van der Waals surface area (Å²) in [6.45, 7) is 0.351. The highest BCUT2D eigenvalue weighted by Crippen LogP contribution is 2.25. The first-order valence-corrected chi connectivity index (χ1v) is 6.48. The molecule has 0 saturated carbocycles. The van der Waals surface area contributed by atoms with Gasteiger partial charge in [0.25, 0.3) is 0 Å². The lowest BCUT2D eigenvalue weighted by Crippen LogP contribution is -2.41. The first kappa shape index (κ1) is 14.9. The van der Waals surface area contributed by atoms with Crippen LogP contribution < -0.4 is 11.1 Å². The Morgan fingerprint density at radius 3 is 2.76 bits per heavy atom. The maximum atomic E-state index is 11.9. The second-order valence-corrected chi connectivity index (χ2v) is 4.80. The molecule has 0 aliphatic heterocycles. The zero-order valence-electron chi connectivity index (χ0n) is 11.7. The Morgan fingerprint density at radius 2 is 2.14 bits per heavy atom. The Bertz CT molecular complexity index is 639. The first-order chi connectivity index (χ1) is 9.97. The molecule has 112 valence electrons. The van der Waals surface area contributed by atoms with E-state index in [9.17, 15) is 15.0 Å². The highest BCUT2D eigenvalue weighted by Gasteiger charge is 2.15. The predicted octanol–water partition coefficient (Wildman–Crippen LogP) is 0.0175. The van der Waals surface area contributed by atoms with Crippen molar-refractivity contribution in [3.63, 3.8) is 0 Å². The minimum absolute atomic E-state index is 0.201. The molecule has 0 fully saturated rings. The van der Waals surface area contributed by atoms with E-state index in [1.54, 1.807) is 24.0 Å². The number of nitrogens with one attached hydrogen (secondary N) is 1. The molecule has 0 bridgehead atoms. The van der Waals surface area contributed by atoms with Crippen LogP contribution in [0.3, 0.4) is 0 Å². The molecule has 1 aromatic heterocycles. The van der Waals surface area contributed by atoms with Gasteiger partial charge in [-0.05, 0) is 30.2 Å². The molecule has 1 atom stereocenters. The van der Waals surface area contributed by atoms with E-state index in [1.165, 1.54) is 12.1 Å². The Labute approximate surface area is 122 Å². The number of nitrogens with two attached hydrogens (primary N) is 1. The second kappa shape index (κ2) is 6.27. The summed E-state index contributed by atoms with van der Waals surface area (Å²) in [5.41, 5.74) is 7.38. The lowest BCUT2D eigenvalue weighted by Gasteiger charge is -2.13. The Morgan fingerprint density at radius 1 is 1.38 bits per heavy atom. The third-order valence-corrected chi connectivity index (χ3v) is 3.20. The molecule has 5 N–H and O–H groups in total. The highest BCUT2D eigenvalue weighted by molar-refractivity contribution is 5.81. The van der Waals surface area contributed by atoms with Gasteiger partial charge in [-0.1, -0.05) is 6.07 Å². The SMILES string of the molecule is Cn1nccc1CNC(=O)[C@@H](N)Cc1ccc(O)c(O)c1. The van der Waals surface area contributed by atoms with Crippen LogP contribution in [-0.2, 0) is 24.8 Å². The predicted molar refractivity (Wildman–Crippen MR) is 76.5 cm³/mol. The number of amides is 1. The van der Waals surface area contributed by atoms with Crippen molar-refractivity contribution in [2.24, 2.45) is 12.8 Å². The van der Waals surface area contributed by atoms with Crippen LogP contribution in [-0.4, -0.2) is 31.9 Å². The second-order valence-electron chi connectivity index (χ2n) is 4.80. The van der Waals surface area contributed by atoms with Gasteiger partial charge in [0.15, 0.2) is 11.5 Å². The molecule has 0 saturated heterocycles. The van der Waals surface area contributed by atoms with Crippen LogP contribution in [0.1, 0.15) is 11.3 Å². The van der Waals surface area contributed by atoms with Gasteiger partial charge in [0.1, 0.15) is 0 Å². The number of rotatable bonds is 5. The number of aromatic hydroxyl groups is 2. The van der Waals surface area contributed by atoms with Crippen molar-refractivity contribution in [1.29, 1.82) is 0 Å². The number of carbonyl (C=O) groups is 1. The van der Waals surface area contributed by atoms with E-state index >= 15 is 0 Å².